The van der Waals surface area contributed by atoms with Crippen LogP contribution in [0.3, 0.4) is 0 Å². The third-order valence-electron chi connectivity index (χ3n) is 6.67. The molecule has 5 aromatic rings. The molecule has 0 radical (unpaired) electrons. The van der Waals surface area contributed by atoms with E-state index in [0.29, 0.717) is 23.0 Å². The van der Waals surface area contributed by atoms with Gasteiger partial charge >= 0.3 is 204 Å². The van der Waals surface area contributed by atoms with Gasteiger partial charge in [0.2, 0.25) is 0 Å². The molecule has 3 N–H and O–H groups in total. The summed E-state index contributed by atoms with van der Waals surface area (Å²) in [4.78, 5) is 24.6. The molecular formula is C29H28N3O2P. The van der Waals surface area contributed by atoms with Crippen molar-refractivity contribution in [1.82, 2.24) is 10.2 Å². The summed E-state index contributed by atoms with van der Waals surface area (Å²) >= 11 is 0. The molecule has 1 aromatic heterocycles. The number of benzene rings is 4. The number of nitrogens with one attached hydrogen (secondary N) is 3. The van der Waals surface area contributed by atoms with Crippen LogP contribution in [0.2, 0.25) is 0 Å². The van der Waals surface area contributed by atoms with E-state index >= 15 is 0 Å². The van der Waals surface area contributed by atoms with Gasteiger partial charge in [-0.15, -0.1) is 0 Å². The van der Waals surface area contributed by atoms with Gasteiger partial charge in [0.05, 0.1) is 0 Å². The zero-order chi connectivity index (χ0) is 24.1. The van der Waals surface area contributed by atoms with E-state index in [1.807, 2.05) is 6.07 Å². The average Bonchev–Trinajstić information content (AvgIpc) is 2.92. The van der Waals surface area contributed by atoms with E-state index in [9.17, 15) is 9.59 Å². The number of H-pyrrole nitrogens is 2. The fourth-order valence-corrected chi connectivity index (χ4v) is 9.91. The zero-order valence-electron chi connectivity index (χ0n) is 19.3. The number of hydrogen-bond donors (Lipinski definition) is 3. The van der Waals surface area contributed by atoms with Crippen LogP contribution in [0.15, 0.2) is 119 Å². The molecule has 1 heterocycles. The second-order valence-electron chi connectivity index (χ2n) is 8.67. The number of aromatic amines is 2. The normalized spacial score (nSPS) is 11.9. The molecule has 0 saturated heterocycles. The second-order valence-corrected chi connectivity index (χ2v) is 12.7. The van der Waals surface area contributed by atoms with Crippen molar-refractivity contribution in [2.75, 3.05) is 18.0 Å². The Morgan fingerprint density at radius 2 is 1.11 bits per heavy atom. The summed E-state index contributed by atoms with van der Waals surface area (Å²) in [6.45, 7) is 0.687. The van der Waals surface area contributed by atoms with Gasteiger partial charge in [0.25, 0.3) is 0 Å². The number of aromatic nitrogens is 2. The van der Waals surface area contributed by atoms with E-state index in [0.717, 1.165) is 12.6 Å². The molecule has 0 amide bonds. The predicted octanol–water partition coefficient (Wildman–Crippen LogP) is 3.74. The predicted molar refractivity (Wildman–Crippen MR) is 150 cm³/mol. The summed E-state index contributed by atoms with van der Waals surface area (Å²) in [6.07, 6.45) is 1.90. The van der Waals surface area contributed by atoms with E-state index < -0.39 is 7.26 Å². The Morgan fingerprint density at radius 3 is 1.66 bits per heavy atom. The number of fused-ring (bicyclic) bond motifs is 1. The summed E-state index contributed by atoms with van der Waals surface area (Å²) in [5, 5.41) is 13.2. The van der Waals surface area contributed by atoms with Gasteiger partial charge in [-0.05, 0) is 0 Å². The van der Waals surface area contributed by atoms with Crippen LogP contribution < -0.4 is 32.3 Å². The molecule has 0 atom stereocenters. The first-order valence-electron chi connectivity index (χ1n) is 11.8. The van der Waals surface area contributed by atoms with Crippen molar-refractivity contribution in [1.29, 1.82) is 0 Å². The van der Waals surface area contributed by atoms with E-state index in [1.165, 1.54) is 15.9 Å². The van der Waals surface area contributed by atoms with Crippen molar-refractivity contribution >= 4 is 39.6 Å². The summed E-state index contributed by atoms with van der Waals surface area (Å²) in [7, 11) is -2.30. The van der Waals surface area contributed by atoms with Gasteiger partial charge in [-0.25, -0.2) is 0 Å². The Morgan fingerprint density at radius 1 is 0.600 bits per heavy atom. The van der Waals surface area contributed by atoms with Crippen molar-refractivity contribution in [3.8, 4) is 0 Å². The van der Waals surface area contributed by atoms with Gasteiger partial charge in [0.1, 0.15) is 0 Å². The molecule has 4 aromatic carbocycles. The summed E-state index contributed by atoms with van der Waals surface area (Å²) < 4.78 is 0. The number of anilines is 1. The molecule has 0 aliphatic rings. The molecule has 0 bridgehead atoms. The monoisotopic (exact) mass is 481 g/mol. The molecule has 0 fully saturated rings. The topological polar surface area (TPSA) is 77.8 Å². The van der Waals surface area contributed by atoms with Gasteiger partial charge in [-0.1, -0.05) is 0 Å². The van der Waals surface area contributed by atoms with Crippen LogP contribution in [0.1, 0.15) is 6.42 Å². The number of hydrogen-bond acceptors (Lipinski definition) is 3. The summed E-state index contributed by atoms with van der Waals surface area (Å²) in [5.74, 6) is 0. The van der Waals surface area contributed by atoms with E-state index in [-0.39, 0.29) is 11.1 Å². The Hall–Kier alpha value is -3.95. The van der Waals surface area contributed by atoms with Crippen LogP contribution >= 0.6 is 7.26 Å². The van der Waals surface area contributed by atoms with Crippen LogP contribution in [0, 0.1) is 0 Å². The van der Waals surface area contributed by atoms with Gasteiger partial charge in [-0.2, -0.15) is 0 Å². The quantitative estimate of drug-likeness (QED) is 0.233. The Balaban J connectivity index is 1.49. The van der Waals surface area contributed by atoms with Crippen molar-refractivity contribution in [2.24, 2.45) is 0 Å². The molecular weight excluding hydrogens is 453 g/mol. The van der Waals surface area contributed by atoms with Crippen LogP contribution in [-0.2, 0) is 0 Å². The molecule has 0 saturated carbocycles. The maximum atomic E-state index is 12.4. The van der Waals surface area contributed by atoms with E-state index in [2.05, 4.69) is 107 Å². The minimum atomic E-state index is -2.30. The molecule has 176 valence electrons. The van der Waals surface area contributed by atoms with E-state index in [1.54, 1.807) is 12.1 Å². The Bertz CT molecular complexity index is 1430. The number of rotatable bonds is 8. The molecule has 0 aliphatic carbocycles. The van der Waals surface area contributed by atoms with Gasteiger partial charge in [0, 0.05) is 0 Å². The molecule has 35 heavy (non-hydrogen) atoms. The van der Waals surface area contributed by atoms with Crippen molar-refractivity contribution in [2.45, 2.75) is 6.42 Å². The molecule has 0 unspecified atom stereocenters. The molecule has 5 rings (SSSR count). The van der Waals surface area contributed by atoms with Gasteiger partial charge < -0.3 is 0 Å². The Labute approximate surface area is 204 Å². The summed E-state index contributed by atoms with van der Waals surface area (Å²) in [5.41, 5.74) is 0.0810. The first-order chi connectivity index (χ1) is 17.2. The third-order valence-corrected chi connectivity index (χ3v) is 11.7. The Kier molecular flexibility index (Phi) is 6.60. The summed E-state index contributed by atoms with van der Waals surface area (Å²) in [6, 6.07) is 37.9. The fourth-order valence-electron chi connectivity index (χ4n) is 5.05. The first kappa shape index (κ1) is 22.8. The molecule has 5 nitrogen and oxygen atoms in total. The first-order valence-corrected chi connectivity index (χ1v) is 14.0. The van der Waals surface area contributed by atoms with Crippen molar-refractivity contribution in [3.05, 3.63) is 130 Å². The van der Waals surface area contributed by atoms with Crippen LogP contribution in [-0.4, -0.2) is 22.9 Å². The fraction of sp³-hybridized carbons (Fsp3) is 0.103. The molecule has 0 aliphatic heterocycles. The SMILES string of the molecule is O=c1[nH][nH]c(=O)c2c(NCCC[PH](c3ccccc3)(c3ccccc3)c3ccccc3)cccc12. The average molecular weight is 482 g/mol. The van der Waals surface area contributed by atoms with Crippen LogP contribution in [0.25, 0.3) is 10.8 Å². The second kappa shape index (κ2) is 10.1. The van der Waals surface area contributed by atoms with Crippen molar-refractivity contribution in [3.63, 3.8) is 0 Å². The van der Waals surface area contributed by atoms with Crippen LogP contribution in [0.5, 0.6) is 0 Å². The molecule has 0 spiro atoms. The van der Waals surface area contributed by atoms with Crippen LogP contribution in [0.4, 0.5) is 5.69 Å². The minimum absolute atomic E-state index is 0.299. The van der Waals surface area contributed by atoms with Gasteiger partial charge in [0.15, 0.2) is 0 Å². The maximum absolute atomic E-state index is 12.4. The third kappa shape index (κ3) is 4.43. The van der Waals surface area contributed by atoms with E-state index in [4.69, 9.17) is 0 Å². The van der Waals surface area contributed by atoms with Gasteiger partial charge in [-0.3, -0.25) is 0 Å². The zero-order valence-corrected chi connectivity index (χ0v) is 20.3. The molecule has 6 heteroatoms. The standard InChI is InChI=1S/C29H28N3O2P/c33-28-25-18-10-19-26(27(25)29(34)32-31-28)30-20-11-21-35(22-12-4-1-5-13-22,23-14-6-2-7-15-23)24-16-8-3-9-17-24/h1-10,12-19,30,35H,11,20-21H2,(H,31,33)(H,32,34). The van der Waals surface area contributed by atoms with Crippen molar-refractivity contribution < 1.29 is 0 Å².